The molecule has 0 aromatic heterocycles. The average molecular weight is 366 g/mol. The van der Waals surface area contributed by atoms with Crippen molar-refractivity contribution in [1.29, 1.82) is 0 Å². The summed E-state index contributed by atoms with van der Waals surface area (Å²) in [6.45, 7) is 2.72. The van der Waals surface area contributed by atoms with Gasteiger partial charge in [-0.25, -0.2) is 0 Å². The summed E-state index contributed by atoms with van der Waals surface area (Å²) < 4.78 is 34.6. The Morgan fingerprint density at radius 3 is 2.50 bits per heavy atom. The van der Waals surface area contributed by atoms with Crippen LogP contribution in [-0.2, 0) is 15.2 Å². The molecule has 1 N–H and O–H groups in total. The second kappa shape index (κ2) is 5.62. The molecule has 0 amide bonds. The monoisotopic (exact) mass is 365 g/mol. The van der Waals surface area contributed by atoms with Gasteiger partial charge in [-0.2, -0.15) is 8.42 Å². The summed E-state index contributed by atoms with van der Waals surface area (Å²) in [6.07, 6.45) is 0. The number of rotatable bonds is 3. The molecule has 1 unspecified atom stereocenters. The van der Waals surface area contributed by atoms with Crippen molar-refractivity contribution in [3.63, 3.8) is 0 Å². The number of Topliss-reactive ketones (excluding diaryl/α,β-unsaturated/α-hetero) is 2. The summed E-state index contributed by atoms with van der Waals surface area (Å²) in [6, 6.07) is 1.01. The molecule has 0 aliphatic carbocycles. The smallest absolute Gasteiger partial charge is 0.360 e. The number of aliphatic imine (C=N–C) groups is 1. The van der Waals surface area contributed by atoms with Crippen LogP contribution in [0, 0.1) is 5.92 Å². The number of halogens is 2. The van der Waals surface area contributed by atoms with Gasteiger partial charge in [0.1, 0.15) is 11.7 Å². The van der Waals surface area contributed by atoms with Gasteiger partial charge in [0.05, 0.1) is 21.3 Å². The average Bonchev–Trinajstić information content (AvgIpc) is 2.32. The normalized spacial score (nSPS) is 17.8. The molecule has 1 atom stereocenters. The highest BCUT2D eigenvalue weighted by atomic mass is 35.5. The first-order valence-corrected chi connectivity index (χ1v) is 7.93. The highest BCUT2D eigenvalue weighted by Crippen LogP contribution is 2.44. The first-order chi connectivity index (χ1) is 10.0. The molecule has 7 nitrogen and oxygen atoms in total. The Hall–Kier alpha value is -1.48. The second-order valence-electron chi connectivity index (χ2n) is 4.57. The van der Waals surface area contributed by atoms with Gasteiger partial charge in [0.25, 0.3) is 0 Å². The zero-order valence-corrected chi connectivity index (χ0v) is 13.6. The lowest BCUT2D eigenvalue weighted by Gasteiger charge is -2.22. The van der Waals surface area contributed by atoms with Gasteiger partial charge < -0.3 is 4.18 Å². The Balaban J connectivity index is 2.73. The van der Waals surface area contributed by atoms with E-state index in [0.29, 0.717) is 0 Å². The molecule has 0 bridgehead atoms. The number of hydrogen-bond acceptors (Lipinski definition) is 6. The van der Waals surface area contributed by atoms with Crippen LogP contribution in [0.2, 0.25) is 10.0 Å². The van der Waals surface area contributed by atoms with Crippen LogP contribution in [-0.4, -0.2) is 30.2 Å². The van der Waals surface area contributed by atoms with Crippen LogP contribution >= 0.6 is 23.2 Å². The van der Waals surface area contributed by atoms with Crippen molar-refractivity contribution in [2.24, 2.45) is 10.9 Å². The number of carbonyl (C=O) groups excluding carboxylic acids is 2. The molecule has 10 heteroatoms. The molecule has 0 saturated heterocycles. The van der Waals surface area contributed by atoms with Crippen LogP contribution in [0.25, 0.3) is 0 Å². The maximum atomic E-state index is 12.4. The summed E-state index contributed by atoms with van der Waals surface area (Å²) in [5.41, 5.74) is 0.0550. The van der Waals surface area contributed by atoms with Crippen molar-refractivity contribution in [1.82, 2.24) is 0 Å². The lowest BCUT2D eigenvalue weighted by Crippen LogP contribution is -2.31. The van der Waals surface area contributed by atoms with Crippen LogP contribution in [0.3, 0.4) is 0 Å². The molecule has 22 heavy (non-hydrogen) atoms. The van der Waals surface area contributed by atoms with Crippen LogP contribution in [0.15, 0.2) is 11.1 Å². The Bertz CT molecular complexity index is 831. The molecule has 0 saturated carbocycles. The largest absolute Gasteiger partial charge is 0.446 e. The fourth-order valence-electron chi connectivity index (χ4n) is 2.16. The molecule has 1 aromatic carbocycles. The third-order valence-corrected chi connectivity index (χ3v) is 4.03. The van der Waals surface area contributed by atoms with Crippen LogP contribution in [0.5, 0.6) is 5.75 Å². The minimum Gasteiger partial charge on any atom is -0.360 e. The summed E-state index contributed by atoms with van der Waals surface area (Å²) in [4.78, 5) is 28.1. The number of benzene rings is 1. The third-order valence-electron chi connectivity index (χ3n) is 2.97. The minimum absolute atomic E-state index is 0.0226. The summed E-state index contributed by atoms with van der Waals surface area (Å²) in [5.74, 6) is -2.76. The predicted molar refractivity (Wildman–Crippen MR) is 79.9 cm³/mol. The van der Waals surface area contributed by atoms with E-state index in [-0.39, 0.29) is 22.0 Å². The van der Waals surface area contributed by atoms with Gasteiger partial charge >= 0.3 is 10.4 Å². The number of nitrogens with zero attached hydrogens (tertiary/aromatic N) is 1. The molecule has 0 spiro atoms. The summed E-state index contributed by atoms with van der Waals surface area (Å²) >= 11 is 11.9. The summed E-state index contributed by atoms with van der Waals surface area (Å²) in [7, 11) is -4.86. The van der Waals surface area contributed by atoms with E-state index in [1.807, 2.05) is 0 Å². The van der Waals surface area contributed by atoms with Crippen molar-refractivity contribution >= 4 is 56.6 Å². The van der Waals surface area contributed by atoms with E-state index >= 15 is 0 Å². The molecule has 1 aromatic rings. The molecule has 1 aliphatic heterocycles. The van der Waals surface area contributed by atoms with Crippen molar-refractivity contribution in [2.45, 2.75) is 13.8 Å². The van der Waals surface area contributed by atoms with Crippen LogP contribution in [0.4, 0.5) is 5.69 Å². The zero-order valence-electron chi connectivity index (χ0n) is 11.3. The van der Waals surface area contributed by atoms with Gasteiger partial charge in [-0.05, 0) is 13.8 Å². The molecule has 118 valence electrons. The molecule has 2 rings (SSSR count). The third kappa shape index (κ3) is 3.00. The molecule has 0 radical (unpaired) electrons. The molecule has 1 aliphatic rings. The fourth-order valence-corrected chi connectivity index (χ4v) is 3.07. The standard InChI is InChI=1S/C12H9Cl2NO6S/c1-4-8(5(2)16)12(17)9-10(14)7(21-22(18,19)20)3-6(13)11(9)15-4/h3,8H,1-2H3,(H,18,19,20). The second-order valence-corrected chi connectivity index (χ2v) is 6.37. The van der Waals surface area contributed by atoms with Crippen LogP contribution < -0.4 is 4.18 Å². The number of ketones is 2. The van der Waals surface area contributed by atoms with Crippen molar-refractivity contribution in [3.8, 4) is 5.75 Å². The number of carbonyl (C=O) groups is 2. The molecular weight excluding hydrogens is 357 g/mol. The van der Waals surface area contributed by atoms with Crippen LogP contribution in [0.1, 0.15) is 24.2 Å². The molecule has 0 fully saturated rings. The Kier molecular flexibility index (Phi) is 4.31. The highest BCUT2D eigenvalue weighted by molar-refractivity contribution is 7.81. The Morgan fingerprint density at radius 1 is 1.41 bits per heavy atom. The predicted octanol–water partition coefficient (Wildman–Crippen LogP) is 2.67. The van der Waals surface area contributed by atoms with E-state index < -0.39 is 38.7 Å². The Morgan fingerprint density at radius 2 is 2.00 bits per heavy atom. The van der Waals surface area contributed by atoms with Gasteiger partial charge in [0.2, 0.25) is 0 Å². The number of fused-ring (bicyclic) bond motifs is 1. The first kappa shape index (κ1) is 16.9. The topological polar surface area (TPSA) is 110 Å². The van der Waals surface area contributed by atoms with E-state index in [1.165, 1.54) is 13.8 Å². The lowest BCUT2D eigenvalue weighted by molar-refractivity contribution is -0.117. The molecular formula is C12H9Cl2NO6S. The fraction of sp³-hybridized carbons (Fsp3) is 0.250. The van der Waals surface area contributed by atoms with Crippen molar-refractivity contribution < 1.29 is 26.7 Å². The maximum absolute atomic E-state index is 12.4. The van der Waals surface area contributed by atoms with E-state index in [2.05, 4.69) is 9.18 Å². The highest BCUT2D eigenvalue weighted by Gasteiger charge is 2.36. The van der Waals surface area contributed by atoms with Gasteiger partial charge in [-0.15, -0.1) is 0 Å². The maximum Gasteiger partial charge on any atom is 0.446 e. The first-order valence-electron chi connectivity index (χ1n) is 5.81. The van der Waals surface area contributed by atoms with Crippen molar-refractivity contribution in [2.75, 3.05) is 0 Å². The van der Waals surface area contributed by atoms with Gasteiger partial charge in [0.15, 0.2) is 11.5 Å². The van der Waals surface area contributed by atoms with Crippen molar-refractivity contribution in [3.05, 3.63) is 21.7 Å². The van der Waals surface area contributed by atoms with E-state index in [9.17, 15) is 18.0 Å². The summed E-state index contributed by atoms with van der Waals surface area (Å²) in [5, 5.41) is -0.503. The Labute approximate surface area is 135 Å². The van der Waals surface area contributed by atoms with Gasteiger partial charge in [0, 0.05) is 11.8 Å². The number of hydrogen-bond donors (Lipinski definition) is 1. The van der Waals surface area contributed by atoms with Gasteiger partial charge in [-0.1, -0.05) is 23.2 Å². The van der Waals surface area contributed by atoms with E-state index in [1.54, 1.807) is 0 Å². The quantitative estimate of drug-likeness (QED) is 0.651. The van der Waals surface area contributed by atoms with E-state index in [0.717, 1.165) is 6.07 Å². The SMILES string of the molecule is CC(=O)C1C(=O)c2c(Cl)c(OS(=O)(=O)O)cc(Cl)c2N=C1C. The molecule has 1 heterocycles. The lowest BCUT2D eigenvalue weighted by atomic mass is 9.87. The zero-order chi connectivity index (χ0) is 16.8. The van der Waals surface area contributed by atoms with Gasteiger partial charge in [-0.3, -0.25) is 19.1 Å². The minimum atomic E-state index is -4.86. The van der Waals surface area contributed by atoms with E-state index in [4.69, 9.17) is 27.8 Å².